The molecule has 0 unspecified atom stereocenters. The van der Waals surface area contributed by atoms with Gasteiger partial charge in [0.25, 0.3) is 5.91 Å². The van der Waals surface area contributed by atoms with E-state index in [2.05, 4.69) is 50.5 Å². The summed E-state index contributed by atoms with van der Waals surface area (Å²) in [4.78, 5) is 23.1. The summed E-state index contributed by atoms with van der Waals surface area (Å²) >= 11 is 1.47. The van der Waals surface area contributed by atoms with Crippen LogP contribution in [0.4, 0.5) is 0 Å². The van der Waals surface area contributed by atoms with Gasteiger partial charge in [0.15, 0.2) is 5.16 Å². The van der Waals surface area contributed by atoms with Crippen molar-refractivity contribution in [2.24, 2.45) is 0 Å². The van der Waals surface area contributed by atoms with Crippen molar-refractivity contribution in [2.75, 3.05) is 25.9 Å². The zero-order valence-electron chi connectivity index (χ0n) is 14.5. The molecular weight excluding hydrogens is 332 g/mol. The van der Waals surface area contributed by atoms with Gasteiger partial charge in [-0.05, 0) is 31.1 Å². The number of nitrogens with zero attached hydrogens (tertiary/aromatic N) is 3. The standard InChI is InChI=1S/C19H24N4OS/c1-25-19-20-13-16(14-21-19)18(24)22-17-8-11-23(12-9-17)10-7-15-5-3-2-4-6-15/h2-6,13-14,17H,7-12H2,1H3,(H,22,24). The van der Waals surface area contributed by atoms with E-state index in [1.165, 1.54) is 17.3 Å². The SMILES string of the molecule is CSc1ncc(C(=O)NC2CCN(CCc3ccccc3)CC2)cn1. The molecule has 1 fully saturated rings. The van der Waals surface area contributed by atoms with Crippen LogP contribution in [0.25, 0.3) is 0 Å². The van der Waals surface area contributed by atoms with Crippen molar-refractivity contribution in [3.05, 3.63) is 53.9 Å². The molecule has 1 aromatic carbocycles. The highest BCUT2D eigenvalue weighted by Crippen LogP contribution is 2.13. The van der Waals surface area contributed by atoms with Gasteiger partial charge in [0, 0.05) is 38.1 Å². The molecule has 2 heterocycles. The van der Waals surface area contributed by atoms with Crippen LogP contribution >= 0.6 is 11.8 Å². The van der Waals surface area contributed by atoms with E-state index in [-0.39, 0.29) is 11.9 Å². The van der Waals surface area contributed by atoms with Crippen molar-refractivity contribution in [2.45, 2.75) is 30.5 Å². The van der Waals surface area contributed by atoms with Gasteiger partial charge >= 0.3 is 0 Å². The van der Waals surface area contributed by atoms with Gasteiger partial charge in [0.05, 0.1) is 5.56 Å². The van der Waals surface area contributed by atoms with Crippen LogP contribution in [0.15, 0.2) is 47.9 Å². The zero-order chi connectivity index (χ0) is 17.5. The smallest absolute Gasteiger partial charge is 0.254 e. The molecule has 1 aliphatic heterocycles. The van der Waals surface area contributed by atoms with Crippen molar-refractivity contribution >= 4 is 17.7 Å². The normalized spacial score (nSPS) is 15.9. The topological polar surface area (TPSA) is 58.1 Å². The lowest BCUT2D eigenvalue weighted by molar-refractivity contribution is 0.0910. The number of amides is 1. The molecule has 0 aliphatic carbocycles. The Morgan fingerprint density at radius 1 is 1.20 bits per heavy atom. The van der Waals surface area contributed by atoms with Crippen molar-refractivity contribution in [1.82, 2.24) is 20.2 Å². The second-order valence-corrected chi connectivity index (χ2v) is 7.06. The Balaban J connectivity index is 1.41. The number of nitrogens with one attached hydrogen (secondary N) is 1. The van der Waals surface area contributed by atoms with Gasteiger partial charge in [-0.1, -0.05) is 42.1 Å². The summed E-state index contributed by atoms with van der Waals surface area (Å²) in [5, 5.41) is 3.80. The molecule has 3 rings (SSSR count). The number of piperidine rings is 1. The van der Waals surface area contributed by atoms with E-state index in [1.807, 2.05) is 6.26 Å². The molecule has 0 spiro atoms. The van der Waals surface area contributed by atoms with Crippen LogP contribution in [0.2, 0.25) is 0 Å². The Bertz CT molecular complexity index is 670. The number of carbonyl (C=O) groups is 1. The summed E-state index contributed by atoms with van der Waals surface area (Å²) in [6, 6.07) is 10.8. The number of benzene rings is 1. The third-order valence-electron chi connectivity index (χ3n) is 4.56. The second-order valence-electron chi connectivity index (χ2n) is 6.28. The second kappa shape index (κ2) is 8.97. The molecule has 1 aromatic heterocycles. The molecule has 1 saturated heterocycles. The fourth-order valence-corrected chi connectivity index (χ4v) is 3.36. The quantitative estimate of drug-likeness (QED) is 0.637. The maximum atomic E-state index is 12.3. The van der Waals surface area contributed by atoms with Crippen LogP contribution < -0.4 is 5.32 Å². The van der Waals surface area contributed by atoms with Crippen LogP contribution in [-0.4, -0.2) is 52.7 Å². The van der Waals surface area contributed by atoms with Gasteiger partial charge in [-0.15, -0.1) is 0 Å². The lowest BCUT2D eigenvalue weighted by Gasteiger charge is -2.32. The summed E-state index contributed by atoms with van der Waals surface area (Å²) < 4.78 is 0. The highest BCUT2D eigenvalue weighted by atomic mass is 32.2. The Morgan fingerprint density at radius 3 is 2.52 bits per heavy atom. The molecule has 0 atom stereocenters. The van der Waals surface area contributed by atoms with Gasteiger partial charge in [-0.25, -0.2) is 9.97 Å². The van der Waals surface area contributed by atoms with Crippen molar-refractivity contribution < 1.29 is 4.79 Å². The molecule has 0 saturated carbocycles. The van der Waals surface area contributed by atoms with E-state index >= 15 is 0 Å². The number of aromatic nitrogens is 2. The summed E-state index contributed by atoms with van der Waals surface area (Å²) in [6.45, 7) is 3.13. The van der Waals surface area contributed by atoms with Gasteiger partial charge in [0.1, 0.15) is 0 Å². The van der Waals surface area contributed by atoms with Crippen LogP contribution in [0.3, 0.4) is 0 Å². The Hall–Kier alpha value is -1.92. The van der Waals surface area contributed by atoms with E-state index in [0.29, 0.717) is 10.7 Å². The third kappa shape index (κ3) is 5.28. The average Bonchev–Trinajstić information content (AvgIpc) is 2.68. The lowest BCUT2D eigenvalue weighted by atomic mass is 10.0. The first-order valence-electron chi connectivity index (χ1n) is 8.68. The number of rotatable bonds is 6. The predicted octanol–water partition coefficient (Wildman–Crippen LogP) is 2.64. The molecule has 1 amide bonds. The van der Waals surface area contributed by atoms with Crippen molar-refractivity contribution in [1.29, 1.82) is 0 Å². The largest absolute Gasteiger partial charge is 0.349 e. The maximum Gasteiger partial charge on any atom is 0.254 e. The Morgan fingerprint density at radius 2 is 1.88 bits per heavy atom. The number of thioether (sulfide) groups is 1. The first-order chi connectivity index (χ1) is 12.2. The molecule has 6 heteroatoms. The van der Waals surface area contributed by atoms with Crippen LogP contribution in [-0.2, 0) is 6.42 Å². The molecule has 0 radical (unpaired) electrons. The molecule has 0 bridgehead atoms. The predicted molar refractivity (Wildman–Crippen MR) is 101 cm³/mol. The van der Waals surface area contributed by atoms with Gasteiger partial charge in [-0.2, -0.15) is 0 Å². The van der Waals surface area contributed by atoms with E-state index < -0.39 is 0 Å². The summed E-state index contributed by atoms with van der Waals surface area (Å²) in [7, 11) is 0. The molecule has 1 aliphatic rings. The van der Waals surface area contributed by atoms with E-state index in [1.54, 1.807) is 12.4 Å². The summed E-state index contributed by atoms with van der Waals surface area (Å²) in [6.07, 6.45) is 8.18. The minimum atomic E-state index is -0.0737. The van der Waals surface area contributed by atoms with E-state index in [4.69, 9.17) is 0 Å². The molecule has 25 heavy (non-hydrogen) atoms. The van der Waals surface area contributed by atoms with Gasteiger partial charge in [0.2, 0.25) is 0 Å². The first-order valence-corrected chi connectivity index (χ1v) is 9.90. The Labute approximate surface area is 153 Å². The number of hydrogen-bond acceptors (Lipinski definition) is 5. The molecule has 2 aromatic rings. The monoisotopic (exact) mass is 356 g/mol. The minimum Gasteiger partial charge on any atom is -0.349 e. The lowest BCUT2D eigenvalue weighted by Crippen LogP contribution is -2.45. The molecule has 1 N–H and O–H groups in total. The maximum absolute atomic E-state index is 12.3. The summed E-state index contributed by atoms with van der Waals surface area (Å²) in [5.74, 6) is -0.0737. The molecule has 132 valence electrons. The minimum absolute atomic E-state index is 0.0737. The fraction of sp³-hybridized carbons (Fsp3) is 0.421. The first kappa shape index (κ1) is 17.9. The number of carbonyl (C=O) groups excluding carboxylic acids is 1. The number of hydrogen-bond donors (Lipinski definition) is 1. The zero-order valence-corrected chi connectivity index (χ0v) is 15.3. The third-order valence-corrected chi connectivity index (χ3v) is 5.13. The van der Waals surface area contributed by atoms with Crippen LogP contribution in [0, 0.1) is 0 Å². The van der Waals surface area contributed by atoms with Gasteiger partial charge in [-0.3, -0.25) is 4.79 Å². The number of likely N-dealkylation sites (tertiary alicyclic amines) is 1. The van der Waals surface area contributed by atoms with Crippen LogP contribution in [0.1, 0.15) is 28.8 Å². The molecule has 5 nitrogen and oxygen atoms in total. The van der Waals surface area contributed by atoms with Gasteiger partial charge < -0.3 is 10.2 Å². The highest BCUT2D eigenvalue weighted by Gasteiger charge is 2.21. The highest BCUT2D eigenvalue weighted by molar-refractivity contribution is 7.98. The fourth-order valence-electron chi connectivity index (χ4n) is 3.04. The van der Waals surface area contributed by atoms with Crippen molar-refractivity contribution in [3.8, 4) is 0 Å². The summed E-state index contributed by atoms with van der Waals surface area (Å²) in [5.41, 5.74) is 1.91. The Kier molecular flexibility index (Phi) is 6.42. The average molecular weight is 356 g/mol. The van der Waals surface area contributed by atoms with Crippen LogP contribution in [0.5, 0.6) is 0 Å². The molecular formula is C19H24N4OS. The van der Waals surface area contributed by atoms with E-state index in [0.717, 1.165) is 38.9 Å². The van der Waals surface area contributed by atoms with Crippen molar-refractivity contribution in [3.63, 3.8) is 0 Å². The van der Waals surface area contributed by atoms with E-state index in [9.17, 15) is 4.79 Å².